The topological polar surface area (TPSA) is 50.9 Å². The number of anilines is 1. The summed E-state index contributed by atoms with van der Waals surface area (Å²) in [5, 5.41) is 2.76. The Labute approximate surface area is 115 Å². The Kier molecular flexibility index (Phi) is 3.64. The normalized spacial score (nSPS) is 18.3. The van der Waals surface area contributed by atoms with E-state index < -0.39 is 11.7 Å². The van der Waals surface area contributed by atoms with E-state index in [1.54, 1.807) is 0 Å². The van der Waals surface area contributed by atoms with Crippen molar-refractivity contribution in [1.82, 2.24) is 0 Å². The highest BCUT2D eigenvalue weighted by molar-refractivity contribution is 9.10. The SMILES string of the molecule is CC(C)(C)OC(=O)Nc1cc(Br)ccc1[C@H]1CO1. The average molecular weight is 314 g/mol. The fourth-order valence-corrected chi connectivity index (χ4v) is 1.92. The predicted octanol–water partition coefficient (Wildman–Crippen LogP) is 3.87. The maximum absolute atomic E-state index is 11.7. The van der Waals surface area contributed by atoms with Gasteiger partial charge >= 0.3 is 6.09 Å². The molecule has 0 unspecified atom stereocenters. The summed E-state index contributed by atoms with van der Waals surface area (Å²) in [5.41, 5.74) is 1.19. The van der Waals surface area contributed by atoms with E-state index in [2.05, 4.69) is 21.2 Å². The molecule has 1 aliphatic rings. The number of hydrogen-bond donors (Lipinski definition) is 1. The molecule has 1 N–H and O–H groups in total. The molecule has 1 aromatic carbocycles. The second kappa shape index (κ2) is 4.90. The molecule has 2 rings (SSSR count). The number of nitrogens with one attached hydrogen (secondary N) is 1. The molecule has 0 bridgehead atoms. The molecule has 5 heteroatoms. The number of amides is 1. The molecule has 1 saturated heterocycles. The lowest BCUT2D eigenvalue weighted by Crippen LogP contribution is -2.27. The first-order valence-corrected chi connectivity index (χ1v) is 6.55. The van der Waals surface area contributed by atoms with E-state index in [0.717, 1.165) is 15.7 Å². The van der Waals surface area contributed by atoms with Crippen LogP contribution in [0.15, 0.2) is 22.7 Å². The van der Waals surface area contributed by atoms with Gasteiger partial charge in [-0.25, -0.2) is 4.79 Å². The first-order chi connectivity index (χ1) is 8.35. The monoisotopic (exact) mass is 313 g/mol. The summed E-state index contributed by atoms with van der Waals surface area (Å²) in [4.78, 5) is 11.7. The van der Waals surface area contributed by atoms with Gasteiger partial charge in [-0.05, 0) is 32.9 Å². The van der Waals surface area contributed by atoms with Crippen LogP contribution < -0.4 is 5.32 Å². The van der Waals surface area contributed by atoms with Crippen LogP contribution in [0.2, 0.25) is 0 Å². The molecule has 1 heterocycles. The number of benzene rings is 1. The maximum atomic E-state index is 11.7. The van der Waals surface area contributed by atoms with Crippen LogP contribution in [0, 0.1) is 0 Å². The first-order valence-electron chi connectivity index (χ1n) is 5.76. The third kappa shape index (κ3) is 3.71. The van der Waals surface area contributed by atoms with Gasteiger partial charge in [-0.15, -0.1) is 0 Å². The smallest absolute Gasteiger partial charge is 0.412 e. The first kappa shape index (κ1) is 13.4. The number of halogens is 1. The number of ether oxygens (including phenoxy) is 2. The average Bonchev–Trinajstić information content (AvgIpc) is 2.98. The molecule has 0 saturated carbocycles. The van der Waals surface area contributed by atoms with E-state index in [0.29, 0.717) is 6.61 Å². The predicted molar refractivity (Wildman–Crippen MR) is 72.7 cm³/mol. The van der Waals surface area contributed by atoms with Crippen molar-refractivity contribution in [3.05, 3.63) is 28.2 Å². The molecule has 4 nitrogen and oxygen atoms in total. The fourth-order valence-electron chi connectivity index (χ4n) is 1.56. The zero-order valence-corrected chi connectivity index (χ0v) is 12.2. The van der Waals surface area contributed by atoms with E-state index in [1.165, 1.54) is 0 Å². The summed E-state index contributed by atoms with van der Waals surface area (Å²) in [6.07, 6.45) is -0.370. The summed E-state index contributed by atoms with van der Waals surface area (Å²) in [6, 6.07) is 5.71. The van der Waals surface area contributed by atoms with Gasteiger partial charge in [0.2, 0.25) is 0 Å². The zero-order valence-electron chi connectivity index (χ0n) is 10.6. The van der Waals surface area contributed by atoms with E-state index >= 15 is 0 Å². The maximum Gasteiger partial charge on any atom is 0.412 e. The van der Waals surface area contributed by atoms with Gasteiger partial charge in [0.15, 0.2) is 0 Å². The van der Waals surface area contributed by atoms with Crippen LogP contribution in [0.3, 0.4) is 0 Å². The molecule has 98 valence electrons. The van der Waals surface area contributed by atoms with E-state index in [9.17, 15) is 4.79 Å². The number of epoxide rings is 1. The zero-order chi connectivity index (χ0) is 13.3. The number of carbonyl (C=O) groups excluding carboxylic acids is 1. The van der Waals surface area contributed by atoms with Crippen molar-refractivity contribution < 1.29 is 14.3 Å². The molecule has 1 atom stereocenters. The minimum Gasteiger partial charge on any atom is -0.444 e. The second-order valence-electron chi connectivity index (χ2n) is 5.18. The molecule has 0 aliphatic carbocycles. The molecule has 0 aromatic heterocycles. The van der Waals surface area contributed by atoms with Crippen LogP contribution in [0.4, 0.5) is 10.5 Å². The second-order valence-corrected chi connectivity index (χ2v) is 6.10. The van der Waals surface area contributed by atoms with Gasteiger partial charge in [0.25, 0.3) is 0 Å². The van der Waals surface area contributed by atoms with Crippen molar-refractivity contribution in [2.24, 2.45) is 0 Å². The molecule has 18 heavy (non-hydrogen) atoms. The van der Waals surface area contributed by atoms with Gasteiger partial charge in [0.1, 0.15) is 11.7 Å². The van der Waals surface area contributed by atoms with E-state index in [4.69, 9.17) is 9.47 Å². The summed E-state index contributed by atoms with van der Waals surface area (Å²) < 4.78 is 11.4. The highest BCUT2D eigenvalue weighted by Gasteiger charge is 2.28. The Morgan fingerprint density at radius 1 is 1.50 bits per heavy atom. The lowest BCUT2D eigenvalue weighted by Gasteiger charge is -2.20. The van der Waals surface area contributed by atoms with E-state index in [1.807, 2.05) is 39.0 Å². The van der Waals surface area contributed by atoms with E-state index in [-0.39, 0.29) is 6.10 Å². The van der Waals surface area contributed by atoms with Crippen molar-refractivity contribution in [3.63, 3.8) is 0 Å². The minimum atomic E-state index is -0.508. The Bertz CT molecular complexity index is 464. The number of hydrogen-bond acceptors (Lipinski definition) is 3. The minimum absolute atomic E-state index is 0.0861. The fraction of sp³-hybridized carbons (Fsp3) is 0.462. The molecular formula is C13H16BrNO3. The molecule has 1 amide bonds. The van der Waals surface area contributed by atoms with Gasteiger partial charge in [-0.2, -0.15) is 0 Å². The standard InChI is InChI=1S/C13H16BrNO3/c1-13(2,3)18-12(16)15-10-6-8(14)4-5-9(10)11-7-17-11/h4-6,11H,7H2,1-3H3,(H,15,16)/t11-/m1/s1. The quantitative estimate of drug-likeness (QED) is 0.843. The van der Waals surface area contributed by atoms with Crippen LogP contribution in [0.25, 0.3) is 0 Å². The van der Waals surface area contributed by atoms with Crippen LogP contribution in [0.1, 0.15) is 32.4 Å². The summed E-state index contributed by atoms with van der Waals surface area (Å²) in [7, 11) is 0. The molecule has 1 fully saturated rings. The van der Waals surface area contributed by atoms with Crippen molar-refractivity contribution in [2.75, 3.05) is 11.9 Å². The Hall–Kier alpha value is -1.07. The third-order valence-corrected chi connectivity index (χ3v) is 2.82. The molecule has 0 spiro atoms. The van der Waals surface area contributed by atoms with Gasteiger partial charge in [0, 0.05) is 10.0 Å². The van der Waals surface area contributed by atoms with Crippen LogP contribution in [-0.4, -0.2) is 18.3 Å². The van der Waals surface area contributed by atoms with Gasteiger partial charge < -0.3 is 9.47 Å². The molecule has 1 aliphatic heterocycles. The Morgan fingerprint density at radius 3 is 2.72 bits per heavy atom. The lowest BCUT2D eigenvalue weighted by atomic mass is 10.1. The van der Waals surface area contributed by atoms with Gasteiger partial charge in [0.05, 0.1) is 12.3 Å². The van der Waals surface area contributed by atoms with Crippen LogP contribution in [-0.2, 0) is 9.47 Å². The molecular weight excluding hydrogens is 298 g/mol. The molecule has 0 radical (unpaired) electrons. The lowest BCUT2D eigenvalue weighted by molar-refractivity contribution is 0.0636. The Balaban J connectivity index is 2.12. The highest BCUT2D eigenvalue weighted by Crippen LogP contribution is 2.36. The number of carbonyl (C=O) groups is 1. The highest BCUT2D eigenvalue weighted by atomic mass is 79.9. The van der Waals surface area contributed by atoms with Crippen LogP contribution >= 0.6 is 15.9 Å². The molecule has 1 aromatic rings. The third-order valence-electron chi connectivity index (χ3n) is 2.33. The van der Waals surface area contributed by atoms with Gasteiger partial charge in [-0.1, -0.05) is 22.0 Å². The summed E-state index contributed by atoms with van der Waals surface area (Å²) in [5.74, 6) is 0. The van der Waals surface area contributed by atoms with Crippen molar-refractivity contribution >= 4 is 27.7 Å². The van der Waals surface area contributed by atoms with Crippen molar-refractivity contribution in [3.8, 4) is 0 Å². The summed E-state index contributed by atoms with van der Waals surface area (Å²) in [6.45, 7) is 6.19. The largest absolute Gasteiger partial charge is 0.444 e. The van der Waals surface area contributed by atoms with Crippen molar-refractivity contribution in [2.45, 2.75) is 32.5 Å². The van der Waals surface area contributed by atoms with Crippen LogP contribution in [0.5, 0.6) is 0 Å². The Morgan fingerprint density at radius 2 is 2.17 bits per heavy atom. The number of rotatable bonds is 2. The van der Waals surface area contributed by atoms with Crippen molar-refractivity contribution in [1.29, 1.82) is 0 Å². The van der Waals surface area contributed by atoms with Gasteiger partial charge in [-0.3, -0.25) is 5.32 Å². The summed E-state index contributed by atoms with van der Waals surface area (Å²) >= 11 is 3.38.